The number of hydrogen-bond donors (Lipinski definition) is 0. The summed E-state index contributed by atoms with van der Waals surface area (Å²) in [5.74, 6) is 4.24. The number of imidazole rings is 1. The lowest BCUT2D eigenvalue weighted by atomic mass is 9.45. The van der Waals surface area contributed by atoms with E-state index in [4.69, 9.17) is 19.2 Å². The fourth-order valence-electron chi connectivity index (χ4n) is 12.9. The molecule has 10 nitrogen and oxygen atoms in total. The highest BCUT2D eigenvalue weighted by Crippen LogP contribution is 2.66. The average Bonchev–Trinajstić information content (AvgIpc) is 3.73. The summed E-state index contributed by atoms with van der Waals surface area (Å²) in [6, 6.07) is 10.4. The molecule has 59 heavy (non-hydrogen) atoms. The lowest BCUT2D eigenvalue weighted by molar-refractivity contribution is -0.145. The van der Waals surface area contributed by atoms with Crippen LogP contribution in [0.3, 0.4) is 0 Å². The van der Waals surface area contributed by atoms with E-state index in [0.717, 1.165) is 115 Å². The molecule has 1 saturated heterocycles. The molecule has 4 heterocycles. The van der Waals surface area contributed by atoms with Gasteiger partial charge >= 0.3 is 5.69 Å². The van der Waals surface area contributed by atoms with Crippen molar-refractivity contribution < 1.29 is 19.0 Å². The first-order valence-electron chi connectivity index (χ1n) is 23.1. The van der Waals surface area contributed by atoms with Gasteiger partial charge in [0.1, 0.15) is 5.78 Å². The van der Waals surface area contributed by atoms with E-state index in [1.54, 1.807) is 4.57 Å². The second-order valence-corrected chi connectivity index (χ2v) is 19.6. The van der Waals surface area contributed by atoms with E-state index in [1.807, 2.05) is 36.1 Å². The lowest BCUT2D eigenvalue weighted by Crippen LogP contribution is -2.54. The molecule has 1 aromatic carbocycles. The Balaban J connectivity index is 0.695. The minimum atomic E-state index is -0.00136. The number of hydrogen-bond acceptors (Lipinski definition) is 8. The molecule has 1 aliphatic heterocycles. The van der Waals surface area contributed by atoms with E-state index in [2.05, 4.69) is 49.0 Å². The van der Waals surface area contributed by atoms with Gasteiger partial charge in [-0.2, -0.15) is 0 Å². The molecule has 5 fully saturated rings. The van der Waals surface area contributed by atoms with E-state index in [9.17, 15) is 9.59 Å². The third-order valence-corrected chi connectivity index (χ3v) is 16.4. The van der Waals surface area contributed by atoms with E-state index < -0.39 is 0 Å². The molecule has 318 valence electrons. The topological polar surface area (TPSA) is 101 Å². The highest BCUT2D eigenvalue weighted by atomic mass is 16.5. The number of Topliss-reactive ketones (excluding diaryl/α,β-unsaturated/α-hetero) is 1. The molecule has 10 heteroatoms. The van der Waals surface area contributed by atoms with Crippen molar-refractivity contribution >= 4 is 27.7 Å². The Morgan fingerprint density at radius 1 is 0.831 bits per heavy atom. The Kier molecular flexibility index (Phi) is 11.8. The molecule has 3 aromatic heterocycles. The minimum Gasteiger partial charge on any atom is -0.478 e. The molecular weight excluding hydrogens is 739 g/mol. The SMILES string of the molecule is CN(CCCCCO[C@H]1CC[C@H]2C3CC[C@H]4CC(=O)CC[C@]4(C)[C@H]3CC[C@]12C)CCCOc1ccc(-c2ccc3ncc4c(c3c2)n(C2CCOCC2)c(=O)n4C)cn1. The number of pyridine rings is 2. The van der Waals surface area contributed by atoms with Gasteiger partial charge in [0.15, 0.2) is 0 Å². The van der Waals surface area contributed by atoms with Gasteiger partial charge in [-0.1, -0.05) is 19.9 Å². The molecule has 7 atom stereocenters. The molecule has 4 saturated carbocycles. The first kappa shape index (κ1) is 40.8. The molecule has 0 amide bonds. The number of aryl methyl sites for hydroxylation is 1. The first-order valence-corrected chi connectivity index (χ1v) is 23.1. The fourth-order valence-corrected chi connectivity index (χ4v) is 12.9. The first-order chi connectivity index (χ1) is 28.6. The van der Waals surface area contributed by atoms with Crippen LogP contribution in [0, 0.1) is 34.5 Å². The van der Waals surface area contributed by atoms with Gasteiger partial charge in [0.25, 0.3) is 0 Å². The summed E-state index contributed by atoms with van der Waals surface area (Å²) in [7, 11) is 4.04. The number of ketones is 1. The maximum absolute atomic E-state index is 13.4. The van der Waals surface area contributed by atoms with Crippen LogP contribution in [0.2, 0.25) is 0 Å². The Morgan fingerprint density at radius 3 is 2.47 bits per heavy atom. The van der Waals surface area contributed by atoms with Crippen molar-refractivity contribution in [3.63, 3.8) is 0 Å². The van der Waals surface area contributed by atoms with Crippen LogP contribution in [0.5, 0.6) is 5.88 Å². The smallest absolute Gasteiger partial charge is 0.329 e. The third kappa shape index (κ3) is 7.80. The monoisotopic (exact) mass is 806 g/mol. The van der Waals surface area contributed by atoms with Crippen LogP contribution < -0.4 is 10.4 Å². The summed E-state index contributed by atoms with van der Waals surface area (Å²) in [5.41, 5.74) is 5.41. The molecule has 1 unspecified atom stereocenters. The van der Waals surface area contributed by atoms with Gasteiger partial charge in [-0.25, -0.2) is 9.78 Å². The molecule has 0 N–H and O–H groups in total. The van der Waals surface area contributed by atoms with Gasteiger partial charge in [0, 0.05) is 75.5 Å². The van der Waals surface area contributed by atoms with E-state index in [0.29, 0.717) is 54.3 Å². The summed E-state index contributed by atoms with van der Waals surface area (Å²) >= 11 is 0. The van der Waals surface area contributed by atoms with Crippen LogP contribution in [0.25, 0.3) is 33.1 Å². The number of carbonyl (C=O) groups is 1. The van der Waals surface area contributed by atoms with Gasteiger partial charge in [-0.05, 0) is 155 Å². The van der Waals surface area contributed by atoms with Crippen molar-refractivity contribution in [3.05, 3.63) is 53.2 Å². The maximum atomic E-state index is 13.4. The van der Waals surface area contributed by atoms with Crippen molar-refractivity contribution in [2.75, 3.05) is 46.6 Å². The normalized spacial score (nSPS) is 29.8. The van der Waals surface area contributed by atoms with Crippen LogP contribution in [-0.4, -0.2) is 82.5 Å². The number of carbonyl (C=O) groups excluding carboxylic acids is 1. The van der Waals surface area contributed by atoms with Crippen molar-refractivity contribution in [3.8, 4) is 17.0 Å². The summed E-state index contributed by atoms with van der Waals surface area (Å²) in [5, 5.41) is 0.975. The van der Waals surface area contributed by atoms with Crippen LogP contribution in [0.15, 0.2) is 47.5 Å². The zero-order valence-corrected chi connectivity index (χ0v) is 36.1. The zero-order chi connectivity index (χ0) is 40.7. The predicted octanol–water partition coefficient (Wildman–Crippen LogP) is 9.17. The van der Waals surface area contributed by atoms with Gasteiger partial charge in [-0.15, -0.1) is 0 Å². The van der Waals surface area contributed by atoms with Gasteiger partial charge < -0.3 is 19.1 Å². The Bertz CT molecular complexity index is 2170. The van der Waals surface area contributed by atoms with Crippen LogP contribution in [-0.2, 0) is 21.3 Å². The summed E-state index contributed by atoms with van der Waals surface area (Å²) in [4.78, 5) is 37.5. The number of benzene rings is 1. The van der Waals surface area contributed by atoms with E-state index >= 15 is 0 Å². The van der Waals surface area contributed by atoms with Crippen molar-refractivity contribution in [2.24, 2.45) is 41.5 Å². The molecule has 4 aromatic rings. The quantitative estimate of drug-likeness (QED) is 0.116. The largest absolute Gasteiger partial charge is 0.478 e. The standard InChI is InChI=1S/C49H67N5O5/c1-48-21-17-37(55)30-35(48)11-12-38-40-13-15-44(49(40,2)22-18-41(38)48)58-25-7-5-6-23-52(3)24-8-26-59-45-16-10-34(31-51-45)33-9-14-42-39(29-33)46-43(32-50-42)53(4)47(56)54(46)36-19-27-57-28-20-36/h9-10,14,16,29,31-32,35-36,38,40-41,44H,5-8,11-13,15,17-28,30H2,1-4H3/t35-,38?,40-,41-,44-,48-,49-/m0/s1. The molecular formula is C49H67N5O5. The number of nitrogens with zero attached hydrogens (tertiary/aromatic N) is 5. The molecule has 5 aliphatic rings. The predicted molar refractivity (Wildman–Crippen MR) is 233 cm³/mol. The highest BCUT2D eigenvalue weighted by Gasteiger charge is 2.60. The van der Waals surface area contributed by atoms with Crippen LogP contribution >= 0.6 is 0 Å². The van der Waals surface area contributed by atoms with Crippen molar-refractivity contribution in [1.82, 2.24) is 24.0 Å². The molecule has 4 aliphatic carbocycles. The van der Waals surface area contributed by atoms with Crippen LogP contribution in [0.1, 0.15) is 116 Å². The Hall–Kier alpha value is -3.60. The minimum absolute atomic E-state index is 0.00136. The fraction of sp³-hybridized carbons (Fsp3) is 0.673. The third-order valence-electron chi connectivity index (χ3n) is 16.4. The van der Waals surface area contributed by atoms with Crippen molar-refractivity contribution in [1.29, 1.82) is 0 Å². The summed E-state index contributed by atoms with van der Waals surface area (Å²) < 4.78 is 22.1. The number of aromatic nitrogens is 4. The zero-order valence-electron chi connectivity index (χ0n) is 36.1. The summed E-state index contributed by atoms with van der Waals surface area (Å²) in [6.07, 6.45) is 20.9. The maximum Gasteiger partial charge on any atom is 0.329 e. The van der Waals surface area contributed by atoms with Gasteiger partial charge in [0.2, 0.25) is 5.88 Å². The molecule has 0 spiro atoms. The second-order valence-electron chi connectivity index (χ2n) is 19.6. The molecule has 0 radical (unpaired) electrons. The second kappa shape index (κ2) is 17.0. The lowest BCUT2D eigenvalue weighted by Gasteiger charge is -2.60. The van der Waals surface area contributed by atoms with Crippen LogP contribution in [0.4, 0.5) is 0 Å². The van der Waals surface area contributed by atoms with E-state index in [1.165, 1.54) is 51.4 Å². The summed E-state index contributed by atoms with van der Waals surface area (Å²) in [6.45, 7) is 10.1. The molecule has 9 rings (SSSR count). The average molecular weight is 806 g/mol. The number of ether oxygens (including phenoxy) is 3. The number of fused-ring (bicyclic) bond motifs is 8. The number of unbranched alkanes of at least 4 members (excludes halogenated alkanes) is 2. The number of rotatable bonds is 14. The van der Waals surface area contributed by atoms with E-state index in [-0.39, 0.29) is 11.7 Å². The van der Waals surface area contributed by atoms with Gasteiger partial charge in [0.05, 0.1) is 35.5 Å². The highest BCUT2D eigenvalue weighted by molar-refractivity contribution is 6.04. The Morgan fingerprint density at radius 2 is 1.64 bits per heavy atom. The van der Waals surface area contributed by atoms with Gasteiger partial charge in [-0.3, -0.25) is 18.9 Å². The molecule has 0 bridgehead atoms. The van der Waals surface area contributed by atoms with Crippen molar-refractivity contribution in [2.45, 2.75) is 122 Å². The Labute approximate surface area is 350 Å².